The number of fused-ring (bicyclic) bond motifs is 1. The van der Waals surface area contributed by atoms with Gasteiger partial charge in [-0.05, 0) is 35.2 Å². The van der Waals surface area contributed by atoms with E-state index in [4.69, 9.17) is 11.6 Å². The van der Waals surface area contributed by atoms with Crippen LogP contribution in [0, 0.1) is 0 Å². The summed E-state index contributed by atoms with van der Waals surface area (Å²) in [7, 11) is 0. The van der Waals surface area contributed by atoms with Crippen molar-refractivity contribution >= 4 is 29.1 Å². The van der Waals surface area contributed by atoms with Gasteiger partial charge in [0.2, 0.25) is 0 Å². The standard InChI is InChI=1S/C18H16ClNO2/c1-18(2,3)11-8-9-14(19)15(10-11)20-16(21)12-6-4-5-7-13(12)17(20)22/h4-10H,1-3H3. The zero-order valence-electron chi connectivity index (χ0n) is 12.7. The van der Waals surface area contributed by atoms with Crippen LogP contribution < -0.4 is 4.90 Å². The quantitative estimate of drug-likeness (QED) is 0.730. The molecule has 4 heteroatoms. The summed E-state index contributed by atoms with van der Waals surface area (Å²) in [4.78, 5) is 26.3. The minimum Gasteiger partial charge on any atom is -0.268 e. The summed E-state index contributed by atoms with van der Waals surface area (Å²) in [6, 6.07) is 12.3. The van der Waals surface area contributed by atoms with E-state index in [1.54, 1.807) is 30.3 Å². The maximum Gasteiger partial charge on any atom is 0.266 e. The first-order valence-electron chi connectivity index (χ1n) is 7.08. The number of anilines is 1. The molecule has 0 bridgehead atoms. The second-order valence-electron chi connectivity index (χ2n) is 6.41. The Morgan fingerprint density at radius 2 is 1.45 bits per heavy atom. The lowest BCUT2D eigenvalue weighted by atomic mass is 9.87. The van der Waals surface area contributed by atoms with Crippen LogP contribution >= 0.6 is 11.6 Å². The van der Waals surface area contributed by atoms with Crippen molar-refractivity contribution in [1.82, 2.24) is 0 Å². The molecule has 0 atom stereocenters. The van der Waals surface area contributed by atoms with E-state index in [1.165, 1.54) is 4.90 Å². The van der Waals surface area contributed by atoms with Gasteiger partial charge in [0, 0.05) is 0 Å². The van der Waals surface area contributed by atoms with Crippen LogP contribution in [0.5, 0.6) is 0 Å². The fourth-order valence-corrected chi connectivity index (χ4v) is 2.76. The van der Waals surface area contributed by atoms with Crippen LogP contribution in [0.3, 0.4) is 0 Å². The van der Waals surface area contributed by atoms with Gasteiger partial charge in [-0.3, -0.25) is 9.59 Å². The molecule has 0 spiro atoms. The Bertz CT molecular complexity index is 755. The SMILES string of the molecule is CC(C)(C)c1ccc(Cl)c(N2C(=O)c3ccccc3C2=O)c1. The van der Waals surface area contributed by atoms with Crippen LogP contribution in [-0.2, 0) is 5.41 Å². The molecule has 0 radical (unpaired) electrons. The van der Waals surface area contributed by atoms with E-state index in [1.807, 2.05) is 12.1 Å². The van der Waals surface area contributed by atoms with Gasteiger partial charge < -0.3 is 0 Å². The third-order valence-corrected chi connectivity index (χ3v) is 4.17. The molecule has 3 rings (SSSR count). The molecule has 0 saturated carbocycles. The zero-order valence-corrected chi connectivity index (χ0v) is 13.4. The molecule has 3 nitrogen and oxygen atoms in total. The molecule has 1 aliphatic heterocycles. The fraction of sp³-hybridized carbons (Fsp3) is 0.222. The Balaban J connectivity index is 2.14. The first kappa shape index (κ1) is 14.8. The number of amides is 2. The van der Waals surface area contributed by atoms with Crippen molar-refractivity contribution in [2.24, 2.45) is 0 Å². The summed E-state index contributed by atoms with van der Waals surface area (Å²) >= 11 is 6.25. The summed E-state index contributed by atoms with van der Waals surface area (Å²) in [5.41, 5.74) is 2.20. The molecular formula is C18H16ClNO2. The third-order valence-electron chi connectivity index (χ3n) is 3.85. The van der Waals surface area contributed by atoms with Crippen LogP contribution in [0.4, 0.5) is 5.69 Å². The van der Waals surface area contributed by atoms with Gasteiger partial charge in [-0.1, -0.05) is 50.6 Å². The topological polar surface area (TPSA) is 37.4 Å². The lowest BCUT2D eigenvalue weighted by Gasteiger charge is -2.23. The highest BCUT2D eigenvalue weighted by Gasteiger charge is 2.37. The van der Waals surface area contributed by atoms with Crippen molar-refractivity contribution < 1.29 is 9.59 Å². The van der Waals surface area contributed by atoms with Gasteiger partial charge in [0.05, 0.1) is 21.8 Å². The predicted octanol–water partition coefficient (Wildman–Crippen LogP) is 4.44. The molecule has 2 aromatic carbocycles. The highest BCUT2D eigenvalue weighted by atomic mass is 35.5. The second kappa shape index (κ2) is 4.96. The summed E-state index contributed by atoms with van der Waals surface area (Å²) in [6.45, 7) is 6.22. The van der Waals surface area contributed by atoms with E-state index in [9.17, 15) is 9.59 Å². The number of hydrogen-bond donors (Lipinski definition) is 0. The van der Waals surface area contributed by atoms with E-state index in [2.05, 4.69) is 20.8 Å². The van der Waals surface area contributed by atoms with Crippen molar-refractivity contribution in [2.75, 3.05) is 4.90 Å². The summed E-state index contributed by atoms with van der Waals surface area (Å²) < 4.78 is 0. The Kier molecular flexibility index (Phi) is 3.33. The van der Waals surface area contributed by atoms with Crippen molar-refractivity contribution in [3.8, 4) is 0 Å². The van der Waals surface area contributed by atoms with Crippen LogP contribution in [0.25, 0.3) is 0 Å². The molecule has 0 saturated heterocycles. The van der Waals surface area contributed by atoms with Crippen molar-refractivity contribution in [2.45, 2.75) is 26.2 Å². The summed E-state index contributed by atoms with van der Waals surface area (Å²) in [5.74, 6) is -0.651. The maximum atomic E-state index is 12.6. The monoisotopic (exact) mass is 313 g/mol. The third kappa shape index (κ3) is 2.22. The number of halogens is 1. The smallest absolute Gasteiger partial charge is 0.266 e. The summed E-state index contributed by atoms with van der Waals surface area (Å²) in [5, 5.41) is 0.391. The molecule has 0 fully saturated rings. The highest BCUT2D eigenvalue weighted by Crippen LogP contribution is 2.36. The first-order valence-corrected chi connectivity index (χ1v) is 7.46. The van der Waals surface area contributed by atoms with Gasteiger partial charge >= 0.3 is 0 Å². The van der Waals surface area contributed by atoms with Crippen LogP contribution in [-0.4, -0.2) is 11.8 Å². The lowest BCUT2D eigenvalue weighted by Crippen LogP contribution is -2.30. The van der Waals surface area contributed by atoms with E-state index in [0.29, 0.717) is 21.8 Å². The number of hydrogen-bond acceptors (Lipinski definition) is 2. The molecule has 0 N–H and O–H groups in total. The van der Waals surface area contributed by atoms with Gasteiger partial charge in [-0.15, -0.1) is 0 Å². The number of benzene rings is 2. The van der Waals surface area contributed by atoms with Gasteiger partial charge in [-0.25, -0.2) is 4.90 Å². The zero-order chi connectivity index (χ0) is 16.1. The number of imide groups is 1. The Hall–Kier alpha value is -2.13. The van der Waals surface area contributed by atoms with Gasteiger partial charge in [0.25, 0.3) is 11.8 Å². The Labute approximate surface area is 134 Å². The number of nitrogens with zero attached hydrogens (tertiary/aromatic N) is 1. The van der Waals surface area contributed by atoms with E-state index < -0.39 is 0 Å². The molecule has 0 unspecified atom stereocenters. The molecule has 2 amide bonds. The average molecular weight is 314 g/mol. The second-order valence-corrected chi connectivity index (χ2v) is 6.81. The largest absolute Gasteiger partial charge is 0.268 e. The molecule has 1 heterocycles. The highest BCUT2D eigenvalue weighted by molar-refractivity contribution is 6.39. The summed E-state index contributed by atoms with van der Waals surface area (Å²) in [6.07, 6.45) is 0. The normalized spacial score (nSPS) is 14.5. The number of carbonyl (C=O) groups excluding carboxylic acids is 2. The molecule has 1 aliphatic rings. The van der Waals surface area contributed by atoms with Crippen LogP contribution in [0.2, 0.25) is 5.02 Å². The van der Waals surface area contributed by atoms with Crippen LogP contribution in [0.15, 0.2) is 42.5 Å². The van der Waals surface area contributed by atoms with E-state index >= 15 is 0 Å². The average Bonchev–Trinajstić information content (AvgIpc) is 2.71. The molecular weight excluding hydrogens is 298 g/mol. The van der Waals surface area contributed by atoms with Gasteiger partial charge in [-0.2, -0.15) is 0 Å². The first-order chi connectivity index (χ1) is 10.3. The van der Waals surface area contributed by atoms with Crippen molar-refractivity contribution in [3.63, 3.8) is 0 Å². The van der Waals surface area contributed by atoms with E-state index in [0.717, 1.165) is 5.56 Å². The molecule has 22 heavy (non-hydrogen) atoms. The van der Waals surface area contributed by atoms with Crippen molar-refractivity contribution in [1.29, 1.82) is 0 Å². The Morgan fingerprint density at radius 1 is 0.909 bits per heavy atom. The molecule has 112 valence electrons. The fourth-order valence-electron chi connectivity index (χ4n) is 2.56. The van der Waals surface area contributed by atoms with Crippen LogP contribution in [0.1, 0.15) is 47.1 Å². The predicted molar refractivity (Wildman–Crippen MR) is 87.7 cm³/mol. The number of rotatable bonds is 1. The van der Waals surface area contributed by atoms with Gasteiger partial charge in [0.1, 0.15) is 0 Å². The maximum absolute atomic E-state index is 12.6. The molecule has 0 aromatic heterocycles. The van der Waals surface area contributed by atoms with E-state index in [-0.39, 0.29) is 17.2 Å². The minimum absolute atomic E-state index is 0.0992. The molecule has 2 aromatic rings. The number of carbonyl (C=O) groups is 2. The lowest BCUT2D eigenvalue weighted by molar-refractivity contribution is 0.0926. The van der Waals surface area contributed by atoms with Crippen molar-refractivity contribution in [3.05, 3.63) is 64.2 Å². The van der Waals surface area contributed by atoms with Gasteiger partial charge in [0.15, 0.2) is 0 Å². The molecule has 0 aliphatic carbocycles. The Morgan fingerprint density at radius 3 is 1.95 bits per heavy atom. The minimum atomic E-state index is -0.325.